The van der Waals surface area contributed by atoms with Gasteiger partial charge in [-0.25, -0.2) is 12.8 Å². The highest BCUT2D eigenvalue weighted by atomic mass is 32.2. The number of carbonyl (C=O) groups excluding carboxylic acids is 2. The molecule has 0 spiro atoms. The fourth-order valence-electron chi connectivity index (χ4n) is 3.74. The SMILES string of the molecule is CCC(C(=O)NC(C)(C)C)N(Cc1ccc(F)cc1)C(=O)CN(c1cc(C)ccc1C)S(C)(=O)=O. The van der Waals surface area contributed by atoms with Crippen LogP contribution in [0.2, 0.25) is 0 Å². The highest BCUT2D eigenvalue weighted by Gasteiger charge is 2.33. The van der Waals surface area contributed by atoms with Gasteiger partial charge in [-0.3, -0.25) is 13.9 Å². The first-order valence-electron chi connectivity index (χ1n) is 11.5. The number of aryl methyl sites for hydroxylation is 2. The number of sulfonamides is 1. The van der Waals surface area contributed by atoms with Crippen molar-refractivity contribution < 1.29 is 22.4 Å². The lowest BCUT2D eigenvalue weighted by Gasteiger charge is -2.34. The van der Waals surface area contributed by atoms with Crippen molar-refractivity contribution in [1.82, 2.24) is 10.2 Å². The van der Waals surface area contributed by atoms with E-state index in [0.29, 0.717) is 23.2 Å². The molecule has 0 radical (unpaired) electrons. The first-order chi connectivity index (χ1) is 16.1. The third-order valence-electron chi connectivity index (χ3n) is 5.46. The molecule has 2 amide bonds. The van der Waals surface area contributed by atoms with Gasteiger partial charge < -0.3 is 10.2 Å². The predicted octanol–water partition coefficient (Wildman–Crippen LogP) is 3.93. The van der Waals surface area contributed by atoms with Gasteiger partial charge in [-0.05, 0) is 75.9 Å². The maximum Gasteiger partial charge on any atom is 0.244 e. The van der Waals surface area contributed by atoms with Crippen LogP contribution in [0.5, 0.6) is 0 Å². The summed E-state index contributed by atoms with van der Waals surface area (Å²) in [6.07, 6.45) is 1.37. The van der Waals surface area contributed by atoms with Crippen LogP contribution in [0.1, 0.15) is 50.8 Å². The number of benzene rings is 2. The number of hydrogen-bond acceptors (Lipinski definition) is 4. The average Bonchev–Trinajstić information content (AvgIpc) is 2.73. The molecule has 0 heterocycles. The summed E-state index contributed by atoms with van der Waals surface area (Å²) in [5.41, 5.74) is 2.07. The van der Waals surface area contributed by atoms with Crippen LogP contribution in [0.25, 0.3) is 0 Å². The zero-order chi connectivity index (χ0) is 26.6. The lowest BCUT2D eigenvalue weighted by molar-refractivity contribution is -0.141. The zero-order valence-electron chi connectivity index (χ0n) is 21.6. The molecule has 1 atom stereocenters. The maximum atomic E-state index is 13.7. The molecule has 0 aliphatic rings. The Kier molecular flexibility index (Phi) is 9.06. The van der Waals surface area contributed by atoms with Gasteiger partial charge in [0.1, 0.15) is 18.4 Å². The van der Waals surface area contributed by atoms with E-state index in [1.54, 1.807) is 38.1 Å². The lowest BCUT2D eigenvalue weighted by Crippen LogP contribution is -2.55. The van der Waals surface area contributed by atoms with Crippen molar-refractivity contribution >= 4 is 27.5 Å². The monoisotopic (exact) mass is 505 g/mol. The quantitative estimate of drug-likeness (QED) is 0.560. The number of nitrogens with one attached hydrogen (secondary N) is 1. The molecule has 0 saturated carbocycles. The standard InChI is InChI=1S/C26H36FN3O4S/c1-8-22(25(32)28-26(4,5)6)29(16-20-11-13-21(27)14-12-20)24(31)17-30(35(7,33)34)23-15-18(2)9-10-19(23)3/h9-15,22H,8,16-17H2,1-7H3,(H,28,32). The molecule has 0 saturated heterocycles. The third-order valence-corrected chi connectivity index (χ3v) is 6.59. The number of halogens is 1. The van der Waals surface area contributed by atoms with Crippen LogP contribution in [-0.4, -0.2) is 49.5 Å². The van der Waals surface area contributed by atoms with Gasteiger partial charge >= 0.3 is 0 Å². The van der Waals surface area contributed by atoms with Gasteiger partial charge in [-0.1, -0.05) is 31.2 Å². The van der Waals surface area contributed by atoms with E-state index >= 15 is 0 Å². The molecule has 2 aromatic rings. The van der Waals surface area contributed by atoms with Gasteiger partial charge in [0.05, 0.1) is 11.9 Å². The zero-order valence-corrected chi connectivity index (χ0v) is 22.4. The Morgan fingerprint density at radius 3 is 2.17 bits per heavy atom. The molecule has 7 nitrogen and oxygen atoms in total. The number of nitrogens with zero attached hydrogens (tertiary/aromatic N) is 2. The van der Waals surface area contributed by atoms with Crippen LogP contribution in [0, 0.1) is 19.7 Å². The average molecular weight is 506 g/mol. The van der Waals surface area contributed by atoms with Gasteiger partial charge in [0, 0.05) is 12.1 Å². The largest absolute Gasteiger partial charge is 0.350 e. The van der Waals surface area contributed by atoms with E-state index < -0.39 is 39.9 Å². The molecule has 2 aromatic carbocycles. The van der Waals surface area contributed by atoms with E-state index in [1.807, 2.05) is 33.8 Å². The molecule has 192 valence electrons. The second kappa shape index (κ2) is 11.2. The minimum absolute atomic E-state index is 0.0274. The molecule has 0 bridgehead atoms. The number of anilines is 1. The molecule has 9 heteroatoms. The minimum Gasteiger partial charge on any atom is -0.350 e. The third kappa shape index (κ3) is 8.06. The van der Waals surface area contributed by atoms with E-state index in [2.05, 4.69) is 5.32 Å². The van der Waals surface area contributed by atoms with Crippen molar-refractivity contribution in [3.8, 4) is 0 Å². The van der Waals surface area contributed by atoms with Crippen LogP contribution in [0.4, 0.5) is 10.1 Å². The van der Waals surface area contributed by atoms with Crippen LogP contribution >= 0.6 is 0 Å². The summed E-state index contributed by atoms with van der Waals surface area (Å²) >= 11 is 0. The smallest absolute Gasteiger partial charge is 0.244 e. The lowest BCUT2D eigenvalue weighted by atomic mass is 10.1. The van der Waals surface area contributed by atoms with Crippen LogP contribution in [0.15, 0.2) is 42.5 Å². The van der Waals surface area contributed by atoms with Crippen LogP contribution in [-0.2, 0) is 26.2 Å². The normalized spacial score (nSPS) is 12.7. The highest BCUT2D eigenvalue weighted by molar-refractivity contribution is 7.92. The van der Waals surface area contributed by atoms with Gasteiger partial charge in [-0.15, -0.1) is 0 Å². The minimum atomic E-state index is -3.81. The fourth-order valence-corrected chi connectivity index (χ4v) is 4.64. The van der Waals surface area contributed by atoms with Gasteiger partial charge in [0.2, 0.25) is 21.8 Å². The van der Waals surface area contributed by atoms with Crippen LogP contribution in [0.3, 0.4) is 0 Å². The summed E-state index contributed by atoms with van der Waals surface area (Å²) in [5, 5.41) is 2.91. The molecule has 1 N–H and O–H groups in total. The van der Waals surface area contributed by atoms with Crippen molar-refractivity contribution in [3.05, 3.63) is 65.0 Å². The van der Waals surface area contributed by atoms with Crippen molar-refractivity contribution in [1.29, 1.82) is 0 Å². The predicted molar refractivity (Wildman–Crippen MR) is 137 cm³/mol. The number of hydrogen-bond donors (Lipinski definition) is 1. The Balaban J connectivity index is 2.49. The van der Waals surface area contributed by atoms with E-state index in [0.717, 1.165) is 16.1 Å². The number of rotatable bonds is 9. The van der Waals surface area contributed by atoms with E-state index in [4.69, 9.17) is 0 Å². The molecule has 1 unspecified atom stereocenters. The summed E-state index contributed by atoms with van der Waals surface area (Å²) in [7, 11) is -3.81. The second-order valence-electron chi connectivity index (χ2n) is 9.87. The van der Waals surface area contributed by atoms with E-state index in [-0.39, 0.29) is 12.5 Å². The number of amides is 2. The molecule has 0 aliphatic carbocycles. The molecular weight excluding hydrogens is 469 g/mol. The second-order valence-corrected chi connectivity index (χ2v) is 11.8. The fraction of sp³-hybridized carbons (Fsp3) is 0.462. The topological polar surface area (TPSA) is 86.8 Å². The Hall–Kier alpha value is -2.94. The Labute approximate surface area is 208 Å². The summed E-state index contributed by atoms with van der Waals surface area (Å²) in [5.74, 6) is -1.29. The first-order valence-corrected chi connectivity index (χ1v) is 13.4. The highest BCUT2D eigenvalue weighted by Crippen LogP contribution is 2.25. The molecule has 0 aliphatic heterocycles. The van der Waals surface area contributed by atoms with Crippen molar-refractivity contribution in [2.24, 2.45) is 0 Å². The van der Waals surface area contributed by atoms with Gasteiger partial charge in [0.15, 0.2) is 0 Å². The summed E-state index contributed by atoms with van der Waals surface area (Å²) in [4.78, 5) is 28.2. The van der Waals surface area contributed by atoms with E-state index in [9.17, 15) is 22.4 Å². The summed E-state index contributed by atoms with van der Waals surface area (Å²) in [6.45, 7) is 10.5. The van der Waals surface area contributed by atoms with Gasteiger partial charge in [-0.2, -0.15) is 0 Å². The van der Waals surface area contributed by atoms with E-state index in [1.165, 1.54) is 17.0 Å². The van der Waals surface area contributed by atoms with Crippen molar-refractivity contribution in [2.75, 3.05) is 17.1 Å². The number of carbonyl (C=O) groups is 2. The molecular formula is C26H36FN3O4S. The van der Waals surface area contributed by atoms with Crippen molar-refractivity contribution in [2.45, 2.75) is 66.1 Å². The summed E-state index contributed by atoms with van der Waals surface area (Å²) < 4.78 is 40.0. The molecule has 2 rings (SSSR count). The van der Waals surface area contributed by atoms with Crippen molar-refractivity contribution in [3.63, 3.8) is 0 Å². The molecule has 0 fully saturated rings. The van der Waals surface area contributed by atoms with Crippen LogP contribution < -0.4 is 9.62 Å². The maximum absolute atomic E-state index is 13.7. The molecule has 0 aromatic heterocycles. The summed E-state index contributed by atoms with van der Waals surface area (Å²) in [6, 6.07) is 10.2. The molecule has 35 heavy (non-hydrogen) atoms. The van der Waals surface area contributed by atoms with Gasteiger partial charge in [0.25, 0.3) is 0 Å². The Morgan fingerprint density at radius 1 is 1.06 bits per heavy atom. The Morgan fingerprint density at radius 2 is 1.66 bits per heavy atom. The Bertz CT molecular complexity index is 1160. The first kappa shape index (κ1) is 28.3.